The Balaban J connectivity index is 1.78. The molecule has 1 atom stereocenters. The maximum absolute atomic E-state index is 13.8. The van der Waals surface area contributed by atoms with E-state index in [2.05, 4.69) is 17.3 Å². The molecule has 0 radical (unpaired) electrons. The Morgan fingerprint density at radius 1 is 1.03 bits per heavy atom. The zero-order valence-corrected chi connectivity index (χ0v) is 20.8. The lowest BCUT2D eigenvalue weighted by Crippen LogP contribution is -2.65. The van der Waals surface area contributed by atoms with E-state index in [1.165, 1.54) is 37.0 Å². The molecule has 1 fully saturated rings. The van der Waals surface area contributed by atoms with Crippen LogP contribution in [-0.2, 0) is 16.1 Å². The first-order chi connectivity index (χ1) is 16.7. The molecular formula is C25H32N4O6. The molecular weight excluding hydrogens is 452 g/mol. The minimum absolute atomic E-state index is 0.00458. The molecule has 2 aliphatic rings. The zero-order valence-electron chi connectivity index (χ0n) is 20.8. The number of carbonyl (C=O) groups excluding carboxylic acids is 3. The number of esters is 1. The molecule has 188 valence electrons. The summed E-state index contributed by atoms with van der Waals surface area (Å²) in [6.45, 7) is 3.98. The summed E-state index contributed by atoms with van der Waals surface area (Å²) in [6, 6.07) is 6.48. The molecule has 1 aliphatic carbocycles. The van der Waals surface area contributed by atoms with E-state index < -0.39 is 17.4 Å². The van der Waals surface area contributed by atoms with Gasteiger partial charge in [-0.15, -0.1) is 0 Å². The highest BCUT2D eigenvalue weighted by Gasteiger charge is 2.50. The van der Waals surface area contributed by atoms with Crippen molar-refractivity contribution in [2.75, 3.05) is 26.2 Å². The average molecular weight is 485 g/mol. The van der Waals surface area contributed by atoms with Gasteiger partial charge >= 0.3 is 5.97 Å². The van der Waals surface area contributed by atoms with Crippen LogP contribution in [0.1, 0.15) is 60.5 Å². The minimum Gasteiger partial charge on any atom is -0.497 e. The largest absolute Gasteiger partial charge is 0.497 e. The number of anilines is 1. The Morgan fingerprint density at radius 2 is 1.66 bits per heavy atom. The van der Waals surface area contributed by atoms with Crippen molar-refractivity contribution in [2.24, 2.45) is 5.92 Å². The first-order valence-electron chi connectivity index (χ1n) is 11.7. The Hall–Kier alpha value is -3.56. The van der Waals surface area contributed by atoms with Crippen LogP contribution in [0.3, 0.4) is 0 Å². The third-order valence-electron chi connectivity index (χ3n) is 6.98. The van der Waals surface area contributed by atoms with E-state index >= 15 is 0 Å². The SMILES string of the molecule is COC(=O)c1cc2n(n1)CC(C)(C(=O)NC1CCC(C)CC1)N(c1cc(OC)cc(OC)c1)C2=O. The number of amides is 2. The highest BCUT2D eigenvalue weighted by molar-refractivity contribution is 6.12. The molecule has 2 amide bonds. The van der Waals surface area contributed by atoms with Crippen LogP contribution in [0.25, 0.3) is 0 Å². The van der Waals surface area contributed by atoms with E-state index in [9.17, 15) is 14.4 Å². The second-order valence-electron chi connectivity index (χ2n) is 9.48. The number of methoxy groups -OCH3 is 3. The number of hydrogen-bond acceptors (Lipinski definition) is 7. The molecule has 1 unspecified atom stereocenters. The van der Waals surface area contributed by atoms with Gasteiger partial charge in [-0.25, -0.2) is 4.79 Å². The lowest BCUT2D eigenvalue weighted by Gasteiger charge is -2.44. The monoisotopic (exact) mass is 484 g/mol. The van der Waals surface area contributed by atoms with Gasteiger partial charge in [-0.3, -0.25) is 19.2 Å². The van der Waals surface area contributed by atoms with Gasteiger partial charge in [-0.1, -0.05) is 6.92 Å². The smallest absolute Gasteiger partial charge is 0.358 e. The molecule has 1 aromatic carbocycles. The predicted octanol–water partition coefficient (Wildman–Crippen LogP) is 2.80. The van der Waals surface area contributed by atoms with Gasteiger partial charge in [0, 0.05) is 30.3 Å². The van der Waals surface area contributed by atoms with Gasteiger partial charge in [-0.2, -0.15) is 5.10 Å². The van der Waals surface area contributed by atoms with E-state index in [4.69, 9.17) is 14.2 Å². The van der Waals surface area contributed by atoms with Crippen LogP contribution in [-0.4, -0.2) is 60.5 Å². The van der Waals surface area contributed by atoms with Crippen LogP contribution >= 0.6 is 0 Å². The van der Waals surface area contributed by atoms with Crippen molar-refractivity contribution < 1.29 is 28.6 Å². The quantitative estimate of drug-likeness (QED) is 0.628. The molecule has 1 aromatic heterocycles. The van der Waals surface area contributed by atoms with Crippen molar-refractivity contribution >= 4 is 23.5 Å². The van der Waals surface area contributed by atoms with Crippen molar-refractivity contribution in [3.05, 3.63) is 35.7 Å². The second kappa shape index (κ2) is 9.59. The molecule has 0 bridgehead atoms. The molecule has 2 aromatic rings. The third kappa shape index (κ3) is 4.56. The Labute approximate surface area is 204 Å². The molecule has 35 heavy (non-hydrogen) atoms. The average Bonchev–Trinajstić information content (AvgIpc) is 3.28. The minimum atomic E-state index is -1.33. The van der Waals surface area contributed by atoms with Gasteiger partial charge in [0.25, 0.3) is 5.91 Å². The van der Waals surface area contributed by atoms with Gasteiger partial charge in [0.2, 0.25) is 5.91 Å². The van der Waals surface area contributed by atoms with Gasteiger partial charge in [-0.05, 0) is 38.5 Å². The van der Waals surface area contributed by atoms with Crippen LogP contribution in [0.4, 0.5) is 5.69 Å². The van der Waals surface area contributed by atoms with Crippen LogP contribution in [0, 0.1) is 5.92 Å². The first-order valence-corrected chi connectivity index (χ1v) is 11.7. The number of ether oxygens (including phenoxy) is 3. The zero-order chi connectivity index (χ0) is 25.3. The first kappa shape index (κ1) is 24.6. The maximum atomic E-state index is 13.8. The van der Waals surface area contributed by atoms with E-state index in [-0.39, 0.29) is 29.9 Å². The number of benzene rings is 1. The maximum Gasteiger partial charge on any atom is 0.358 e. The summed E-state index contributed by atoms with van der Waals surface area (Å²) >= 11 is 0. The van der Waals surface area contributed by atoms with E-state index in [1.807, 2.05) is 0 Å². The summed E-state index contributed by atoms with van der Waals surface area (Å²) in [7, 11) is 4.29. The second-order valence-corrected chi connectivity index (χ2v) is 9.48. The fourth-order valence-corrected chi connectivity index (χ4v) is 4.86. The van der Waals surface area contributed by atoms with Gasteiger partial charge < -0.3 is 19.5 Å². The van der Waals surface area contributed by atoms with E-state index in [1.54, 1.807) is 25.1 Å². The van der Waals surface area contributed by atoms with Crippen molar-refractivity contribution in [1.29, 1.82) is 0 Å². The molecule has 10 nitrogen and oxygen atoms in total. The highest BCUT2D eigenvalue weighted by atomic mass is 16.5. The van der Waals surface area contributed by atoms with Crippen LogP contribution in [0.2, 0.25) is 0 Å². The summed E-state index contributed by atoms with van der Waals surface area (Å²) in [5, 5.41) is 7.44. The number of carbonyl (C=O) groups is 3. The predicted molar refractivity (Wildman–Crippen MR) is 128 cm³/mol. The standard InChI is InChI=1S/C25H32N4O6/c1-15-6-8-16(9-7-15)26-24(32)25(2)14-28-21(13-20(27-28)23(31)35-5)22(30)29(25)17-10-18(33-3)12-19(11-17)34-4/h10-13,15-16H,6-9,14H2,1-5H3,(H,26,32). The summed E-state index contributed by atoms with van der Waals surface area (Å²) in [4.78, 5) is 41.2. The van der Waals surface area contributed by atoms with Gasteiger partial charge in [0.15, 0.2) is 5.69 Å². The van der Waals surface area contributed by atoms with E-state index in [0.29, 0.717) is 23.1 Å². The lowest BCUT2D eigenvalue weighted by molar-refractivity contribution is -0.127. The molecule has 2 heterocycles. The summed E-state index contributed by atoms with van der Waals surface area (Å²) < 4.78 is 17.0. The number of hydrogen-bond donors (Lipinski definition) is 1. The fraction of sp³-hybridized carbons (Fsp3) is 0.520. The van der Waals surface area contributed by atoms with Crippen LogP contribution in [0.15, 0.2) is 24.3 Å². The lowest BCUT2D eigenvalue weighted by atomic mass is 9.86. The molecule has 0 saturated heterocycles. The number of nitrogens with zero attached hydrogens (tertiary/aromatic N) is 3. The molecule has 1 aliphatic heterocycles. The fourth-order valence-electron chi connectivity index (χ4n) is 4.86. The van der Waals surface area contributed by atoms with Gasteiger partial charge in [0.05, 0.1) is 33.6 Å². The third-order valence-corrected chi connectivity index (χ3v) is 6.98. The van der Waals surface area contributed by atoms with Gasteiger partial charge in [0.1, 0.15) is 22.7 Å². The summed E-state index contributed by atoms with van der Waals surface area (Å²) in [6.07, 6.45) is 3.87. The molecule has 1 saturated carbocycles. The molecule has 0 spiro atoms. The number of fused-ring (bicyclic) bond motifs is 1. The Bertz CT molecular complexity index is 1110. The number of nitrogens with one attached hydrogen (secondary N) is 1. The Kier molecular flexibility index (Phi) is 6.73. The molecule has 4 rings (SSSR count). The summed E-state index contributed by atoms with van der Waals surface area (Å²) in [5.41, 5.74) is -0.703. The van der Waals surface area contributed by atoms with Crippen molar-refractivity contribution in [3.63, 3.8) is 0 Å². The topological polar surface area (TPSA) is 112 Å². The van der Waals surface area contributed by atoms with E-state index in [0.717, 1.165) is 25.7 Å². The van der Waals surface area contributed by atoms with Crippen LogP contribution in [0.5, 0.6) is 11.5 Å². The Morgan fingerprint density at radius 3 is 2.23 bits per heavy atom. The number of rotatable bonds is 6. The van der Waals surface area contributed by atoms with Crippen molar-refractivity contribution in [1.82, 2.24) is 15.1 Å². The number of aromatic nitrogens is 2. The van der Waals surface area contributed by atoms with Crippen LogP contribution < -0.4 is 19.7 Å². The highest BCUT2D eigenvalue weighted by Crippen LogP contribution is 2.37. The molecule has 1 N–H and O–H groups in total. The van der Waals surface area contributed by atoms with Crippen molar-refractivity contribution in [2.45, 2.75) is 57.7 Å². The normalized spacial score (nSPS) is 23.9. The van der Waals surface area contributed by atoms with Crippen molar-refractivity contribution in [3.8, 4) is 11.5 Å². The summed E-state index contributed by atoms with van der Waals surface area (Å²) in [5.74, 6) is 0.184. The molecule has 10 heteroatoms.